The zero-order chi connectivity index (χ0) is 19.2. The summed E-state index contributed by atoms with van der Waals surface area (Å²) in [6.07, 6.45) is 0.912. The van der Waals surface area contributed by atoms with Crippen molar-refractivity contribution in [1.82, 2.24) is 15.1 Å². The van der Waals surface area contributed by atoms with Crippen LogP contribution in [-0.2, 0) is 11.3 Å². The molecule has 0 radical (unpaired) electrons. The third-order valence-electron chi connectivity index (χ3n) is 4.01. The largest absolute Gasteiger partial charge is 0.419 e. The maximum Gasteiger partial charge on any atom is 0.257 e. The van der Waals surface area contributed by atoms with Gasteiger partial charge in [-0.05, 0) is 49.0 Å². The third-order valence-corrected chi connectivity index (χ3v) is 5.27. The van der Waals surface area contributed by atoms with E-state index < -0.39 is 0 Å². The molecule has 1 aromatic carbocycles. The first-order chi connectivity index (χ1) is 13.1. The van der Waals surface area contributed by atoms with Gasteiger partial charge in [-0.1, -0.05) is 30.7 Å². The number of rotatable bonds is 8. The quantitative estimate of drug-likeness (QED) is 0.593. The van der Waals surface area contributed by atoms with E-state index in [4.69, 9.17) is 16.0 Å². The van der Waals surface area contributed by atoms with Crippen LogP contribution in [0.1, 0.15) is 24.8 Å². The van der Waals surface area contributed by atoms with Gasteiger partial charge >= 0.3 is 0 Å². The molecule has 0 spiro atoms. The predicted octanol–water partition coefficient (Wildman–Crippen LogP) is 4.61. The Balaban J connectivity index is 1.63. The molecule has 0 bridgehead atoms. The highest BCUT2D eigenvalue weighted by Crippen LogP contribution is 2.24. The van der Waals surface area contributed by atoms with Gasteiger partial charge in [-0.25, -0.2) is 0 Å². The standard InChI is InChI=1S/C19H21ClN4O2S/c1-3-9-24(11-17(25)21-15-7-4-6-14(20)13(15)2)12-18-22-23-19(26-18)16-8-5-10-27-16/h4-8,10H,3,9,11-12H2,1-2H3,(H,21,25). The number of hydrogen-bond acceptors (Lipinski definition) is 6. The molecule has 0 saturated heterocycles. The van der Waals surface area contributed by atoms with Crippen LogP contribution in [0.3, 0.4) is 0 Å². The Morgan fingerprint density at radius 1 is 1.30 bits per heavy atom. The number of carbonyl (C=O) groups is 1. The molecular formula is C19H21ClN4O2S. The molecule has 8 heteroatoms. The van der Waals surface area contributed by atoms with Crippen LogP contribution in [0.4, 0.5) is 5.69 Å². The minimum Gasteiger partial charge on any atom is -0.419 e. The van der Waals surface area contributed by atoms with Crippen LogP contribution in [0.2, 0.25) is 5.02 Å². The first-order valence-electron chi connectivity index (χ1n) is 8.70. The van der Waals surface area contributed by atoms with E-state index in [1.807, 2.05) is 41.5 Å². The molecule has 1 N–H and O–H groups in total. The summed E-state index contributed by atoms with van der Waals surface area (Å²) < 4.78 is 5.74. The number of carbonyl (C=O) groups excluding carboxylic acids is 1. The van der Waals surface area contributed by atoms with Gasteiger partial charge in [-0.15, -0.1) is 21.5 Å². The summed E-state index contributed by atoms with van der Waals surface area (Å²) >= 11 is 7.66. The first kappa shape index (κ1) is 19.5. The van der Waals surface area contributed by atoms with E-state index >= 15 is 0 Å². The molecule has 0 aliphatic rings. The summed E-state index contributed by atoms with van der Waals surface area (Å²) in [5.74, 6) is 0.904. The fourth-order valence-electron chi connectivity index (χ4n) is 2.67. The van der Waals surface area contributed by atoms with E-state index in [2.05, 4.69) is 22.4 Å². The molecule has 3 rings (SSSR count). The topological polar surface area (TPSA) is 71.3 Å². The number of nitrogens with one attached hydrogen (secondary N) is 1. The highest BCUT2D eigenvalue weighted by atomic mass is 35.5. The van der Waals surface area contributed by atoms with Gasteiger partial charge in [0.1, 0.15) is 0 Å². The van der Waals surface area contributed by atoms with Gasteiger partial charge in [0, 0.05) is 10.7 Å². The van der Waals surface area contributed by atoms with Crippen molar-refractivity contribution in [2.24, 2.45) is 0 Å². The fraction of sp³-hybridized carbons (Fsp3) is 0.316. The molecular weight excluding hydrogens is 384 g/mol. The van der Waals surface area contributed by atoms with Crippen LogP contribution in [0.5, 0.6) is 0 Å². The molecule has 3 aromatic rings. The van der Waals surface area contributed by atoms with Crippen LogP contribution in [-0.4, -0.2) is 34.1 Å². The Kier molecular flexibility index (Phi) is 6.60. The molecule has 0 saturated carbocycles. The molecule has 6 nitrogen and oxygen atoms in total. The molecule has 0 unspecified atom stereocenters. The number of amides is 1. The van der Waals surface area contributed by atoms with E-state index in [0.29, 0.717) is 23.3 Å². The van der Waals surface area contributed by atoms with E-state index in [1.54, 1.807) is 17.4 Å². The molecule has 1 amide bonds. The molecule has 27 heavy (non-hydrogen) atoms. The van der Waals surface area contributed by atoms with Crippen LogP contribution in [0.15, 0.2) is 40.1 Å². The Hall–Kier alpha value is -2.22. The number of benzene rings is 1. The number of anilines is 1. The molecule has 0 fully saturated rings. The second-order valence-corrected chi connectivity index (χ2v) is 7.50. The Morgan fingerprint density at radius 2 is 2.15 bits per heavy atom. The van der Waals surface area contributed by atoms with Crippen molar-refractivity contribution >= 4 is 34.5 Å². The number of nitrogens with zero attached hydrogens (tertiary/aromatic N) is 3. The Morgan fingerprint density at radius 3 is 2.89 bits per heavy atom. The smallest absolute Gasteiger partial charge is 0.257 e. The van der Waals surface area contributed by atoms with Gasteiger partial charge in [-0.2, -0.15) is 0 Å². The lowest BCUT2D eigenvalue weighted by Crippen LogP contribution is -2.33. The predicted molar refractivity (Wildman–Crippen MR) is 108 cm³/mol. The molecule has 2 heterocycles. The van der Waals surface area contributed by atoms with E-state index in [1.165, 1.54) is 0 Å². The van der Waals surface area contributed by atoms with Crippen molar-refractivity contribution in [1.29, 1.82) is 0 Å². The number of aromatic nitrogens is 2. The summed E-state index contributed by atoms with van der Waals surface area (Å²) in [6.45, 7) is 5.35. The number of thiophene rings is 1. The summed E-state index contributed by atoms with van der Waals surface area (Å²) in [4.78, 5) is 15.4. The van der Waals surface area contributed by atoms with Gasteiger partial charge in [-0.3, -0.25) is 9.69 Å². The van der Waals surface area contributed by atoms with Crippen molar-refractivity contribution in [2.75, 3.05) is 18.4 Å². The molecule has 0 aliphatic carbocycles. The Labute approximate surface area is 167 Å². The SMILES string of the molecule is CCCN(CC(=O)Nc1cccc(Cl)c1C)Cc1nnc(-c2cccs2)o1. The zero-order valence-electron chi connectivity index (χ0n) is 15.2. The lowest BCUT2D eigenvalue weighted by atomic mass is 10.2. The summed E-state index contributed by atoms with van der Waals surface area (Å²) in [6, 6.07) is 9.34. The van der Waals surface area contributed by atoms with Gasteiger partial charge in [0.25, 0.3) is 5.89 Å². The first-order valence-corrected chi connectivity index (χ1v) is 9.96. The minimum atomic E-state index is -0.105. The normalized spacial score (nSPS) is 11.1. The van der Waals surface area contributed by atoms with Crippen molar-refractivity contribution in [3.8, 4) is 10.8 Å². The molecule has 0 atom stereocenters. The van der Waals surface area contributed by atoms with Crippen LogP contribution >= 0.6 is 22.9 Å². The maximum atomic E-state index is 12.5. The summed E-state index contributed by atoms with van der Waals surface area (Å²) in [7, 11) is 0. The molecule has 2 aromatic heterocycles. The van der Waals surface area contributed by atoms with E-state index in [0.717, 1.165) is 29.1 Å². The summed E-state index contributed by atoms with van der Waals surface area (Å²) in [5, 5.41) is 13.7. The van der Waals surface area contributed by atoms with Crippen molar-refractivity contribution in [3.63, 3.8) is 0 Å². The number of halogens is 1. The fourth-order valence-corrected chi connectivity index (χ4v) is 3.49. The van der Waals surface area contributed by atoms with Gasteiger partial charge in [0.2, 0.25) is 11.8 Å². The van der Waals surface area contributed by atoms with Crippen molar-refractivity contribution in [3.05, 3.63) is 52.2 Å². The second kappa shape index (κ2) is 9.12. The monoisotopic (exact) mass is 404 g/mol. The average Bonchev–Trinajstić information content (AvgIpc) is 3.30. The molecule has 142 valence electrons. The van der Waals surface area contributed by atoms with Gasteiger partial charge in [0.05, 0.1) is 18.0 Å². The second-order valence-electron chi connectivity index (χ2n) is 6.15. The molecule has 0 aliphatic heterocycles. The zero-order valence-corrected chi connectivity index (χ0v) is 16.8. The van der Waals surface area contributed by atoms with Crippen LogP contribution < -0.4 is 5.32 Å². The van der Waals surface area contributed by atoms with Gasteiger partial charge < -0.3 is 9.73 Å². The minimum absolute atomic E-state index is 0.105. The lowest BCUT2D eigenvalue weighted by molar-refractivity contribution is -0.117. The highest BCUT2D eigenvalue weighted by Gasteiger charge is 2.16. The van der Waals surface area contributed by atoms with Crippen molar-refractivity contribution in [2.45, 2.75) is 26.8 Å². The van der Waals surface area contributed by atoms with E-state index in [-0.39, 0.29) is 12.5 Å². The summed E-state index contributed by atoms with van der Waals surface area (Å²) in [5.41, 5.74) is 1.58. The maximum absolute atomic E-state index is 12.5. The van der Waals surface area contributed by atoms with Crippen LogP contribution in [0.25, 0.3) is 10.8 Å². The number of hydrogen-bond donors (Lipinski definition) is 1. The lowest BCUT2D eigenvalue weighted by Gasteiger charge is -2.19. The third kappa shape index (κ3) is 5.15. The average molecular weight is 405 g/mol. The van der Waals surface area contributed by atoms with Crippen LogP contribution in [0, 0.1) is 6.92 Å². The van der Waals surface area contributed by atoms with Crippen molar-refractivity contribution < 1.29 is 9.21 Å². The Bertz CT molecular complexity index is 895. The van der Waals surface area contributed by atoms with E-state index in [9.17, 15) is 4.79 Å². The highest BCUT2D eigenvalue weighted by molar-refractivity contribution is 7.13. The van der Waals surface area contributed by atoms with Gasteiger partial charge in [0.15, 0.2) is 0 Å².